The minimum absolute atomic E-state index is 0.0131. The van der Waals surface area contributed by atoms with E-state index in [1.807, 2.05) is 0 Å². The minimum atomic E-state index is -4.24. The predicted octanol–water partition coefficient (Wildman–Crippen LogP) is 3.90. The number of nitrogens with zero attached hydrogens (tertiary/aromatic N) is 1. The summed E-state index contributed by atoms with van der Waals surface area (Å²) < 4.78 is 32.9. The van der Waals surface area contributed by atoms with E-state index in [0.717, 1.165) is 4.31 Å². The molecule has 0 amide bonds. The monoisotopic (exact) mass is 475 g/mol. The molecule has 0 saturated carbocycles. The number of carboxylic acid groups (broad SMARTS) is 2. The maximum atomic E-state index is 13.2. The molecule has 0 aliphatic carbocycles. The van der Waals surface area contributed by atoms with Crippen LogP contribution in [0.2, 0.25) is 5.02 Å². The van der Waals surface area contributed by atoms with Crippen molar-refractivity contribution in [3.8, 4) is 5.75 Å². The summed E-state index contributed by atoms with van der Waals surface area (Å²) in [5.74, 6) is -2.33. The molecule has 0 aromatic heterocycles. The molecule has 3 rings (SSSR count). The number of hydrogen-bond donors (Lipinski definition) is 2. The molecule has 0 heterocycles. The highest BCUT2D eigenvalue weighted by Crippen LogP contribution is 2.35. The Bertz CT molecular complexity index is 1230. The van der Waals surface area contributed by atoms with Crippen LogP contribution in [0.5, 0.6) is 5.75 Å². The SMILES string of the molecule is O=C(O)CN(c1cc(Cl)ccc1OCc1ccc(C(=O)O)cc1)S(=O)(=O)c1ccccc1. The first-order chi connectivity index (χ1) is 15.2. The van der Waals surface area contributed by atoms with E-state index in [1.165, 1.54) is 54.6 Å². The number of aromatic carboxylic acids is 1. The van der Waals surface area contributed by atoms with Gasteiger partial charge in [0.2, 0.25) is 0 Å². The van der Waals surface area contributed by atoms with Crippen molar-refractivity contribution in [3.05, 3.63) is 88.9 Å². The van der Waals surface area contributed by atoms with E-state index in [-0.39, 0.29) is 33.5 Å². The molecule has 2 N–H and O–H groups in total. The molecule has 3 aromatic rings. The fraction of sp³-hybridized carbons (Fsp3) is 0.0909. The van der Waals surface area contributed by atoms with E-state index in [2.05, 4.69) is 0 Å². The Morgan fingerprint density at radius 3 is 2.19 bits per heavy atom. The second-order valence-electron chi connectivity index (χ2n) is 6.62. The van der Waals surface area contributed by atoms with Crippen LogP contribution in [0.1, 0.15) is 15.9 Å². The zero-order chi connectivity index (χ0) is 23.3. The number of carboxylic acids is 2. The maximum absolute atomic E-state index is 13.2. The molecule has 0 radical (unpaired) electrons. The van der Waals surface area contributed by atoms with Gasteiger partial charge in [-0.1, -0.05) is 41.9 Å². The summed E-state index contributed by atoms with van der Waals surface area (Å²) in [5, 5.41) is 18.6. The molecule has 10 heteroatoms. The molecule has 166 valence electrons. The third-order valence-corrected chi connectivity index (χ3v) is 6.40. The minimum Gasteiger partial charge on any atom is -0.487 e. The van der Waals surface area contributed by atoms with E-state index in [1.54, 1.807) is 18.2 Å². The summed E-state index contributed by atoms with van der Waals surface area (Å²) in [5.41, 5.74) is 0.708. The van der Waals surface area contributed by atoms with Gasteiger partial charge in [-0.25, -0.2) is 13.2 Å². The zero-order valence-electron chi connectivity index (χ0n) is 16.5. The molecular formula is C22H18ClNO7S. The van der Waals surface area contributed by atoms with Crippen LogP contribution in [0, 0.1) is 0 Å². The third-order valence-electron chi connectivity index (χ3n) is 4.39. The third kappa shape index (κ3) is 5.37. The first-order valence-electron chi connectivity index (χ1n) is 9.22. The second kappa shape index (κ2) is 9.71. The number of carbonyl (C=O) groups is 2. The van der Waals surface area contributed by atoms with Crippen molar-refractivity contribution >= 4 is 39.3 Å². The van der Waals surface area contributed by atoms with Crippen LogP contribution in [0.3, 0.4) is 0 Å². The largest absolute Gasteiger partial charge is 0.487 e. The number of rotatable bonds is 9. The molecule has 0 aliphatic rings. The van der Waals surface area contributed by atoms with Crippen LogP contribution >= 0.6 is 11.6 Å². The van der Waals surface area contributed by atoms with E-state index in [4.69, 9.17) is 21.4 Å². The molecule has 8 nitrogen and oxygen atoms in total. The summed E-state index contributed by atoms with van der Waals surface area (Å²) in [6, 6.07) is 17.6. The lowest BCUT2D eigenvalue weighted by Crippen LogP contribution is -2.36. The van der Waals surface area contributed by atoms with Crippen molar-refractivity contribution in [1.29, 1.82) is 0 Å². The average Bonchev–Trinajstić information content (AvgIpc) is 2.77. The standard InChI is InChI=1S/C22H18ClNO7S/c23-17-10-11-20(31-14-15-6-8-16(9-7-15)22(27)28)19(12-17)24(13-21(25)26)32(29,30)18-4-2-1-3-5-18/h1-12H,13-14H2,(H,25,26)(H,27,28). The number of ether oxygens (including phenoxy) is 1. The number of hydrogen-bond acceptors (Lipinski definition) is 5. The second-order valence-corrected chi connectivity index (χ2v) is 8.92. The van der Waals surface area contributed by atoms with Crippen LogP contribution in [0.15, 0.2) is 77.7 Å². The van der Waals surface area contributed by atoms with Crippen molar-refractivity contribution in [3.63, 3.8) is 0 Å². The lowest BCUT2D eigenvalue weighted by atomic mass is 10.1. The lowest BCUT2D eigenvalue weighted by molar-refractivity contribution is -0.135. The highest BCUT2D eigenvalue weighted by Gasteiger charge is 2.29. The molecule has 0 bridgehead atoms. The zero-order valence-corrected chi connectivity index (χ0v) is 18.1. The van der Waals surface area contributed by atoms with Gasteiger partial charge < -0.3 is 14.9 Å². The van der Waals surface area contributed by atoms with Gasteiger partial charge in [-0.2, -0.15) is 0 Å². The van der Waals surface area contributed by atoms with Gasteiger partial charge in [-0.05, 0) is 48.0 Å². The average molecular weight is 476 g/mol. The van der Waals surface area contributed by atoms with E-state index >= 15 is 0 Å². The summed E-state index contributed by atoms with van der Waals surface area (Å²) in [6.07, 6.45) is 0. The van der Waals surface area contributed by atoms with Crippen LogP contribution in [-0.2, 0) is 21.4 Å². The highest BCUT2D eigenvalue weighted by molar-refractivity contribution is 7.92. The normalized spacial score (nSPS) is 11.0. The van der Waals surface area contributed by atoms with Gasteiger partial charge in [0, 0.05) is 5.02 Å². The predicted molar refractivity (Wildman–Crippen MR) is 118 cm³/mol. The van der Waals surface area contributed by atoms with Crippen molar-refractivity contribution in [1.82, 2.24) is 0 Å². The Morgan fingerprint density at radius 1 is 0.938 bits per heavy atom. The fourth-order valence-corrected chi connectivity index (χ4v) is 4.46. The van der Waals surface area contributed by atoms with Gasteiger partial charge in [-0.15, -0.1) is 0 Å². The Balaban J connectivity index is 1.97. The van der Waals surface area contributed by atoms with Crippen molar-refractivity contribution in [2.24, 2.45) is 0 Å². The van der Waals surface area contributed by atoms with Gasteiger partial charge >= 0.3 is 11.9 Å². The van der Waals surface area contributed by atoms with Crippen LogP contribution in [-0.4, -0.2) is 37.1 Å². The first kappa shape index (κ1) is 23.1. The smallest absolute Gasteiger partial charge is 0.335 e. The molecule has 0 fully saturated rings. The van der Waals surface area contributed by atoms with Crippen molar-refractivity contribution in [2.75, 3.05) is 10.8 Å². The number of sulfonamides is 1. The van der Waals surface area contributed by atoms with Gasteiger partial charge in [0.05, 0.1) is 16.1 Å². The molecule has 0 atom stereocenters. The fourth-order valence-electron chi connectivity index (χ4n) is 2.85. The van der Waals surface area contributed by atoms with Gasteiger partial charge in [0.1, 0.15) is 18.9 Å². The first-order valence-corrected chi connectivity index (χ1v) is 11.0. The quantitative estimate of drug-likeness (QED) is 0.481. The summed E-state index contributed by atoms with van der Waals surface area (Å²) >= 11 is 6.08. The van der Waals surface area contributed by atoms with Crippen LogP contribution < -0.4 is 9.04 Å². The Morgan fingerprint density at radius 2 is 1.59 bits per heavy atom. The van der Waals surface area contributed by atoms with Gasteiger partial charge in [-0.3, -0.25) is 9.10 Å². The summed E-state index contributed by atoms with van der Waals surface area (Å²) in [7, 11) is -4.24. The molecule has 0 unspecified atom stereocenters. The molecule has 0 aliphatic heterocycles. The van der Waals surface area contributed by atoms with E-state index < -0.39 is 28.5 Å². The number of anilines is 1. The van der Waals surface area contributed by atoms with Gasteiger partial charge in [0.15, 0.2) is 0 Å². The van der Waals surface area contributed by atoms with E-state index in [9.17, 15) is 23.1 Å². The lowest BCUT2D eigenvalue weighted by Gasteiger charge is -2.25. The molecule has 0 spiro atoms. The van der Waals surface area contributed by atoms with Crippen molar-refractivity contribution in [2.45, 2.75) is 11.5 Å². The van der Waals surface area contributed by atoms with Crippen LogP contribution in [0.4, 0.5) is 5.69 Å². The Hall–Kier alpha value is -3.56. The summed E-state index contributed by atoms with van der Waals surface area (Å²) in [6.45, 7) is -0.859. The highest BCUT2D eigenvalue weighted by atomic mass is 35.5. The Kier molecular flexibility index (Phi) is 7.01. The number of aliphatic carboxylic acids is 1. The van der Waals surface area contributed by atoms with Gasteiger partial charge in [0.25, 0.3) is 10.0 Å². The summed E-state index contributed by atoms with van der Waals surface area (Å²) in [4.78, 5) is 22.4. The molecule has 32 heavy (non-hydrogen) atoms. The molecule has 3 aromatic carbocycles. The maximum Gasteiger partial charge on any atom is 0.335 e. The molecule has 0 saturated heterocycles. The molecular weight excluding hydrogens is 458 g/mol. The number of halogens is 1. The van der Waals surface area contributed by atoms with Crippen LogP contribution in [0.25, 0.3) is 0 Å². The van der Waals surface area contributed by atoms with E-state index in [0.29, 0.717) is 5.56 Å². The topological polar surface area (TPSA) is 121 Å². The van der Waals surface area contributed by atoms with Crippen molar-refractivity contribution < 1.29 is 33.0 Å². The Labute approximate surface area is 189 Å². The number of benzene rings is 3.